The second-order valence-corrected chi connectivity index (χ2v) is 3.86. The van der Waals surface area contributed by atoms with Crippen molar-refractivity contribution in [3.63, 3.8) is 0 Å². The molecule has 0 aliphatic carbocycles. The van der Waals surface area contributed by atoms with Crippen molar-refractivity contribution in [2.24, 2.45) is 0 Å². The molecule has 1 atom stereocenters. The molecule has 0 aromatic carbocycles. The van der Waals surface area contributed by atoms with Crippen LogP contribution in [0.1, 0.15) is 53.4 Å². The first-order valence-corrected chi connectivity index (χ1v) is 5.55. The van der Waals surface area contributed by atoms with Gasteiger partial charge in [0.25, 0.3) is 0 Å². The molecule has 0 aromatic heterocycles. The molecule has 0 bridgehead atoms. The van der Waals surface area contributed by atoms with Gasteiger partial charge in [0.05, 0.1) is 0 Å². The molecule has 0 aliphatic rings. The van der Waals surface area contributed by atoms with E-state index in [1.807, 2.05) is 0 Å². The Morgan fingerprint density at radius 3 is 2.62 bits per heavy atom. The van der Waals surface area contributed by atoms with E-state index in [1.54, 1.807) is 0 Å². The molecule has 13 heavy (non-hydrogen) atoms. The third-order valence-corrected chi connectivity index (χ3v) is 2.60. The minimum Gasteiger partial charge on any atom is -0.314 e. The highest BCUT2D eigenvalue weighted by molar-refractivity contribution is 4.94. The highest BCUT2D eigenvalue weighted by Gasteiger charge is 1.95. The van der Waals surface area contributed by atoms with Crippen LogP contribution in [0.3, 0.4) is 0 Å². The molecule has 1 N–H and O–H groups in total. The smallest absolute Gasteiger partial charge is 0.00360 e. The standard InChI is InChI=1S/C12H25N/c1-5-11(3)9-7-8-10-13-12(4)6-2/h5,12-13H,6-10H2,1-4H3/b11-5-/t12-/m1/s1. The zero-order chi connectivity index (χ0) is 10.1. The van der Waals surface area contributed by atoms with E-state index in [-0.39, 0.29) is 0 Å². The third-order valence-electron chi connectivity index (χ3n) is 2.60. The monoisotopic (exact) mass is 183 g/mol. The normalized spacial score (nSPS) is 14.6. The second-order valence-electron chi connectivity index (χ2n) is 3.86. The van der Waals surface area contributed by atoms with Crippen molar-refractivity contribution >= 4 is 0 Å². The Balaban J connectivity index is 3.17. The Morgan fingerprint density at radius 1 is 1.38 bits per heavy atom. The maximum atomic E-state index is 3.50. The van der Waals surface area contributed by atoms with Crippen molar-refractivity contribution in [3.8, 4) is 0 Å². The fourth-order valence-corrected chi connectivity index (χ4v) is 1.17. The Hall–Kier alpha value is -0.300. The first-order valence-electron chi connectivity index (χ1n) is 5.55. The van der Waals surface area contributed by atoms with Gasteiger partial charge in [0.15, 0.2) is 0 Å². The predicted octanol–water partition coefficient (Wildman–Crippen LogP) is 3.51. The van der Waals surface area contributed by atoms with Crippen molar-refractivity contribution in [2.45, 2.75) is 59.4 Å². The maximum absolute atomic E-state index is 3.50. The summed E-state index contributed by atoms with van der Waals surface area (Å²) < 4.78 is 0. The summed E-state index contributed by atoms with van der Waals surface area (Å²) in [4.78, 5) is 0. The number of rotatable bonds is 7. The van der Waals surface area contributed by atoms with Crippen LogP contribution in [0.25, 0.3) is 0 Å². The number of unbranched alkanes of at least 4 members (excludes halogenated alkanes) is 1. The Labute approximate surface area is 83.6 Å². The van der Waals surface area contributed by atoms with Gasteiger partial charge < -0.3 is 5.32 Å². The van der Waals surface area contributed by atoms with E-state index < -0.39 is 0 Å². The zero-order valence-electron chi connectivity index (χ0n) is 9.69. The number of nitrogens with one attached hydrogen (secondary N) is 1. The predicted molar refractivity (Wildman–Crippen MR) is 61.0 cm³/mol. The summed E-state index contributed by atoms with van der Waals surface area (Å²) in [6.45, 7) is 9.97. The molecule has 78 valence electrons. The summed E-state index contributed by atoms with van der Waals surface area (Å²) >= 11 is 0. The molecule has 0 fully saturated rings. The van der Waals surface area contributed by atoms with Gasteiger partial charge in [0.2, 0.25) is 0 Å². The molecule has 0 radical (unpaired) electrons. The summed E-state index contributed by atoms with van der Waals surface area (Å²) in [5.74, 6) is 0. The largest absolute Gasteiger partial charge is 0.314 e. The van der Waals surface area contributed by atoms with Crippen LogP contribution in [0.4, 0.5) is 0 Å². The topological polar surface area (TPSA) is 12.0 Å². The Morgan fingerprint density at radius 2 is 2.08 bits per heavy atom. The number of hydrogen-bond acceptors (Lipinski definition) is 1. The molecule has 0 heterocycles. The van der Waals surface area contributed by atoms with Gasteiger partial charge in [-0.2, -0.15) is 0 Å². The van der Waals surface area contributed by atoms with E-state index in [9.17, 15) is 0 Å². The first kappa shape index (κ1) is 12.7. The van der Waals surface area contributed by atoms with Gasteiger partial charge >= 0.3 is 0 Å². The van der Waals surface area contributed by atoms with Crippen LogP contribution in [0.2, 0.25) is 0 Å². The van der Waals surface area contributed by atoms with Crippen molar-refractivity contribution < 1.29 is 0 Å². The molecule has 1 nitrogen and oxygen atoms in total. The fraction of sp³-hybridized carbons (Fsp3) is 0.833. The van der Waals surface area contributed by atoms with E-state index in [0.717, 1.165) is 0 Å². The van der Waals surface area contributed by atoms with Crippen molar-refractivity contribution in [2.75, 3.05) is 6.54 Å². The highest BCUT2D eigenvalue weighted by atomic mass is 14.9. The van der Waals surface area contributed by atoms with Gasteiger partial charge in [-0.25, -0.2) is 0 Å². The van der Waals surface area contributed by atoms with Crippen molar-refractivity contribution in [1.82, 2.24) is 5.32 Å². The fourth-order valence-electron chi connectivity index (χ4n) is 1.17. The van der Waals surface area contributed by atoms with Crippen LogP contribution < -0.4 is 5.32 Å². The van der Waals surface area contributed by atoms with Gasteiger partial charge in [-0.3, -0.25) is 0 Å². The summed E-state index contributed by atoms with van der Waals surface area (Å²) in [5.41, 5.74) is 1.52. The lowest BCUT2D eigenvalue weighted by atomic mass is 10.1. The molecule has 1 heteroatoms. The van der Waals surface area contributed by atoms with Crippen LogP contribution in [0, 0.1) is 0 Å². The lowest BCUT2D eigenvalue weighted by molar-refractivity contribution is 0.516. The number of allylic oxidation sites excluding steroid dienone is 2. The Bertz CT molecular complexity index is 138. The van der Waals surface area contributed by atoms with Gasteiger partial charge in [0.1, 0.15) is 0 Å². The zero-order valence-corrected chi connectivity index (χ0v) is 9.69. The molecule has 0 saturated carbocycles. The van der Waals surface area contributed by atoms with Crippen LogP contribution >= 0.6 is 0 Å². The van der Waals surface area contributed by atoms with Gasteiger partial charge in [-0.1, -0.05) is 18.6 Å². The van der Waals surface area contributed by atoms with Crippen LogP contribution in [0.5, 0.6) is 0 Å². The minimum absolute atomic E-state index is 0.683. The lowest BCUT2D eigenvalue weighted by Crippen LogP contribution is -2.25. The van der Waals surface area contributed by atoms with Crippen LogP contribution in [-0.4, -0.2) is 12.6 Å². The average molecular weight is 183 g/mol. The van der Waals surface area contributed by atoms with Gasteiger partial charge in [0, 0.05) is 6.04 Å². The molecule has 0 unspecified atom stereocenters. The van der Waals surface area contributed by atoms with Crippen LogP contribution in [0.15, 0.2) is 11.6 Å². The van der Waals surface area contributed by atoms with Gasteiger partial charge in [-0.05, 0) is 53.0 Å². The summed E-state index contributed by atoms with van der Waals surface area (Å²) in [5, 5.41) is 3.50. The molecule has 0 aromatic rings. The Kier molecular flexibility index (Phi) is 8.11. The molecule has 0 amide bonds. The second kappa shape index (κ2) is 8.31. The molecule has 0 spiro atoms. The van der Waals surface area contributed by atoms with Crippen molar-refractivity contribution in [1.29, 1.82) is 0 Å². The van der Waals surface area contributed by atoms with E-state index in [1.165, 1.54) is 37.8 Å². The third kappa shape index (κ3) is 8.04. The highest BCUT2D eigenvalue weighted by Crippen LogP contribution is 2.05. The first-order chi connectivity index (χ1) is 6.20. The molecular formula is C12H25N. The molecular weight excluding hydrogens is 158 g/mol. The van der Waals surface area contributed by atoms with E-state index in [0.29, 0.717) is 6.04 Å². The molecule has 0 saturated heterocycles. The van der Waals surface area contributed by atoms with E-state index in [2.05, 4.69) is 39.1 Å². The average Bonchev–Trinajstić information content (AvgIpc) is 2.16. The van der Waals surface area contributed by atoms with Gasteiger partial charge in [-0.15, -0.1) is 0 Å². The molecule has 0 rings (SSSR count). The summed E-state index contributed by atoms with van der Waals surface area (Å²) in [6, 6.07) is 0.683. The number of hydrogen-bond donors (Lipinski definition) is 1. The van der Waals surface area contributed by atoms with Crippen molar-refractivity contribution in [3.05, 3.63) is 11.6 Å². The maximum Gasteiger partial charge on any atom is 0.00360 e. The van der Waals surface area contributed by atoms with E-state index in [4.69, 9.17) is 0 Å². The van der Waals surface area contributed by atoms with E-state index >= 15 is 0 Å². The quantitative estimate of drug-likeness (QED) is 0.470. The SMILES string of the molecule is C/C=C(/C)CCCCN[C@H](C)CC. The minimum atomic E-state index is 0.683. The summed E-state index contributed by atoms with van der Waals surface area (Å²) in [6.07, 6.45) is 7.32. The molecule has 0 aliphatic heterocycles. The lowest BCUT2D eigenvalue weighted by Gasteiger charge is -2.10. The summed E-state index contributed by atoms with van der Waals surface area (Å²) in [7, 11) is 0. The van der Waals surface area contributed by atoms with Crippen LogP contribution in [-0.2, 0) is 0 Å².